The number of rotatable bonds is 6. The average Bonchev–Trinajstić information content (AvgIpc) is 1.98. The Balaban J connectivity index is 4.06. The molecular weight excluding hydrogens is 174 g/mol. The molecule has 0 fully saturated rings. The normalized spacial score (nSPS) is 15.4. The molecule has 0 aliphatic rings. The predicted octanol–water partition coefficient (Wildman–Crippen LogP) is 1.00. The molecule has 5 heteroatoms. The van der Waals surface area contributed by atoms with Crippen LogP contribution in [0.15, 0.2) is 5.18 Å². The van der Waals surface area contributed by atoms with Gasteiger partial charge in [0.25, 0.3) is 0 Å². The second-order valence-corrected chi connectivity index (χ2v) is 3.47. The van der Waals surface area contributed by atoms with Gasteiger partial charge >= 0.3 is 5.97 Å². The first-order valence-corrected chi connectivity index (χ1v) is 4.19. The number of carboxylic acid groups (broad SMARTS) is 1. The molecule has 0 aliphatic carbocycles. The van der Waals surface area contributed by atoms with E-state index in [1.165, 1.54) is 0 Å². The lowest BCUT2D eigenvalue weighted by molar-refractivity contribution is -0.139. The molecule has 0 radical (unpaired) electrons. The fraction of sp³-hybridized carbons (Fsp3) is 0.875. The smallest absolute Gasteiger partial charge is 0.306 e. The molecule has 0 spiro atoms. The first kappa shape index (κ1) is 12.0. The van der Waals surface area contributed by atoms with E-state index in [-0.39, 0.29) is 5.92 Å². The molecule has 76 valence electrons. The maximum Gasteiger partial charge on any atom is 0.306 e. The number of nitroso groups, excluding NO2 is 1. The summed E-state index contributed by atoms with van der Waals surface area (Å²) in [5.41, 5.74) is 0. The van der Waals surface area contributed by atoms with Crippen LogP contribution in [0.5, 0.6) is 0 Å². The van der Waals surface area contributed by atoms with Crippen LogP contribution >= 0.6 is 0 Å². The van der Waals surface area contributed by atoms with Crippen LogP contribution < -0.4 is 0 Å². The summed E-state index contributed by atoms with van der Waals surface area (Å²) in [6.45, 7) is 3.76. The highest BCUT2D eigenvalue weighted by Gasteiger charge is 2.23. The third-order valence-electron chi connectivity index (χ3n) is 1.68. The summed E-state index contributed by atoms with van der Waals surface area (Å²) in [6, 6.07) is -0.809. The van der Waals surface area contributed by atoms with E-state index in [1.54, 1.807) is 0 Å². The quantitative estimate of drug-likeness (QED) is 0.610. The van der Waals surface area contributed by atoms with Crippen molar-refractivity contribution in [1.82, 2.24) is 0 Å². The Labute approximate surface area is 76.7 Å². The molecule has 0 saturated heterocycles. The highest BCUT2D eigenvalue weighted by Crippen LogP contribution is 2.13. The van der Waals surface area contributed by atoms with Crippen molar-refractivity contribution in [1.29, 1.82) is 0 Å². The lowest BCUT2D eigenvalue weighted by Crippen LogP contribution is -2.28. The first-order chi connectivity index (χ1) is 5.97. The van der Waals surface area contributed by atoms with Crippen molar-refractivity contribution in [3.63, 3.8) is 0 Å². The molecule has 2 atom stereocenters. The summed E-state index contributed by atoms with van der Waals surface area (Å²) in [7, 11) is 0. The lowest BCUT2D eigenvalue weighted by atomic mass is 9.98. The topological polar surface area (TPSA) is 87.0 Å². The van der Waals surface area contributed by atoms with Gasteiger partial charge < -0.3 is 10.2 Å². The summed E-state index contributed by atoms with van der Waals surface area (Å²) in [4.78, 5) is 20.5. The Morgan fingerprint density at radius 2 is 2.00 bits per heavy atom. The third-order valence-corrected chi connectivity index (χ3v) is 1.68. The Bertz CT molecular complexity index is 181. The fourth-order valence-corrected chi connectivity index (χ4v) is 1.07. The van der Waals surface area contributed by atoms with E-state index in [1.807, 2.05) is 13.8 Å². The number of aliphatic hydroxyl groups excluding tert-OH is 1. The van der Waals surface area contributed by atoms with E-state index in [0.717, 1.165) is 0 Å². The zero-order chi connectivity index (χ0) is 10.4. The van der Waals surface area contributed by atoms with E-state index in [4.69, 9.17) is 5.11 Å². The minimum atomic E-state index is -1.17. The first-order valence-electron chi connectivity index (χ1n) is 4.19. The van der Waals surface area contributed by atoms with Crippen LogP contribution in [0, 0.1) is 10.8 Å². The molecule has 0 aliphatic heterocycles. The number of aliphatic carboxylic acids is 1. The summed E-state index contributed by atoms with van der Waals surface area (Å²) in [6.07, 6.45) is -1.18. The van der Waals surface area contributed by atoms with Crippen LogP contribution in [0.4, 0.5) is 0 Å². The number of carboxylic acids is 1. The molecule has 0 bridgehead atoms. The summed E-state index contributed by atoms with van der Waals surface area (Å²) >= 11 is 0. The van der Waals surface area contributed by atoms with Gasteiger partial charge in [-0.1, -0.05) is 19.0 Å². The van der Waals surface area contributed by atoms with Crippen molar-refractivity contribution < 1.29 is 15.0 Å². The average molecular weight is 189 g/mol. The van der Waals surface area contributed by atoms with E-state index >= 15 is 0 Å². The van der Waals surface area contributed by atoms with Gasteiger partial charge in [0.1, 0.15) is 6.04 Å². The third kappa shape index (κ3) is 5.30. The zero-order valence-electron chi connectivity index (χ0n) is 7.80. The van der Waals surface area contributed by atoms with Crippen molar-refractivity contribution in [2.45, 2.75) is 38.8 Å². The molecule has 0 saturated carbocycles. The van der Waals surface area contributed by atoms with Crippen molar-refractivity contribution in [2.75, 3.05) is 0 Å². The molecule has 0 aromatic heterocycles. The van der Waals surface area contributed by atoms with Gasteiger partial charge in [0.2, 0.25) is 0 Å². The van der Waals surface area contributed by atoms with E-state index in [9.17, 15) is 14.8 Å². The SMILES string of the molecule is CC(C)C[C@H](N=O)[C@@H](O)CC(=O)O. The molecule has 5 nitrogen and oxygen atoms in total. The maximum atomic E-state index is 10.3. The Hall–Kier alpha value is -0.970. The molecule has 0 amide bonds. The number of hydrogen-bond donors (Lipinski definition) is 2. The van der Waals surface area contributed by atoms with Crippen molar-refractivity contribution in [3.8, 4) is 0 Å². The van der Waals surface area contributed by atoms with Gasteiger partial charge in [-0.15, -0.1) is 0 Å². The number of nitrogens with zero attached hydrogens (tertiary/aromatic N) is 1. The van der Waals surface area contributed by atoms with Gasteiger partial charge in [0.15, 0.2) is 0 Å². The van der Waals surface area contributed by atoms with Crippen LogP contribution in [-0.4, -0.2) is 28.3 Å². The Morgan fingerprint density at radius 1 is 1.46 bits per heavy atom. The zero-order valence-corrected chi connectivity index (χ0v) is 7.80. The summed E-state index contributed by atoms with van der Waals surface area (Å²) < 4.78 is 0. The van der Waals surface area contributed by atoms with Gasteiger partial charge in [0.05, 0.1) is 12.5 Å². The molecule has 2 N–H and O–H groups in total. The molecule has 0 aromatic carbocycles. The Morgan fingerprint density at radius 3 is 2.31 bits per heavy atom. The van der Waals surface area contributed by atoms with Crippen molar-refractivity contribution in [3.05, 3.63) is 4.91 Å². The summed E-state index contributed by atoms with van der Waals surface area (Å²) in [5.74, 6) is -0.906. The van der Waals surface area contributed by atoms with Gasteiger partial charge in [-0.2, -0.15) is 4.91 Å². The van der Waals surface area contributed by atoms with Crippen molar-refractivity contribution in [2.24, 2.45) is 11.1 Å². The van der Waals surface area contributed by atoms with Gasteiger partial charge in [-0.25, -0.2) is 0 Å². The number of carbonyl (C=O) groups is 1. The maximum absolute atomic E-state index is 10.3. The highest BCUT2D eigenvalue weighted by atomic mass is 16.4. The van der Waals surface area contributed by atoms with E-state index in [0.29, 0.717) is 6.42 Å². The van der Waals surface area contributed by atoms with Gasteiger partial charge in [-0.05, 0) is 12.3 Å². The second-order valence-electron chi connectivity index (χ2n) is 3.47. The lowest BCUT2D eigenvalue weighted by Gasteiger charge is -2.16. The van der Waals surface area contributed by atoms with Crippen LogP contribution in [-0.2, 0) is 4.79 Å². The second kappa shape index (κ2) is 5.64. The van der Waals surface area contributed by atoms with Crippen molar-refractivity contribution >= 4 is 5.97 Å². The monoisotopic (exact) mass is 189 g/mol. The minimum absolute atomic E-state index is 0.214. The van der Waals surface area contributed by atoms with Crippen LogP contribution in [0.2, 0.25) is 0 Å². The number of aliphatic hydroxyl groups is 1. The highest BCUT2D eigenvalue weighted by molar-refractivity contribution is 5.67. The fourth-order valence-electron chi connectivity index (χ4n) is 1.07. The largest absolute Gasteiger partial charge is 0.481 e. The molecular formula is C8H15NO4. The van der Waals surface area contributed by atoms with E-state index < -0.39 is 24.5 Å². The van der Waals surface area contributed by atoms with Crippen LogP contribution in [0.1, 0.15) is 26.7 Å². The van der Waals surface area contributed by atoms with E-state index in [2.05, 4.69) is 5.18 Å². The Kier molecular flexibility index (Phi) is 5.22. The predicted molar refractivity (Wildman–Crippen MR) is 47.3 cm³/mol. The van der Waals surface area contributed by atoms with Gasteiger partial charge in [0, 0.05) is 0 Å². The standard InChI is InChI=1S/C8H15NO4/c1-5(2)3-6(9-13)7(10)4-8(11)12/h5-7,10H,3-4H2,1-2H3,(H,11,12)/t6-,7-/m0/s1. The molecule has 0 rings (SSSR count). The van der Waals surface area contributed by atoms with Crippen LogP contribution in [0.3, 0.4) is 0 Å². The minimum Gasteiger partial charge on any atom is -0.481 e. The summed E-state index contributed by atoms with van der Waals surface area (Å²) in [5, 5.41) is 20.3. The molecule has 0 heterocycles. The molecule has 0 aromatic rings. The number of hydrogen-bond acceptors (Lipinski definition) is 4. The van der Waals surface area contributed by atoms with Crippen LogP contribution in [0.25, 0.3) is 0 Å². The van der Waals surface area contributed by atoms with Gasteiger partial charge in [-0.3, -0.25) is 4.79 Å². The molecule has 0 unspecified atom stereocenters. The molecule has 13 heavy (non-hydrogen) atoms.